The van der Waals surface area contributed by atoms with Crippen molar-refractivity contribution in [3.05, 3.63) is 93.8 Å². The average Bonchev–Trinajstić information content (AvgIpc) is 2.79. The Morgan fingerprint density at radius 2 is 1.94 bits per heavy atom. The fraction of sp³-hybridized carbons (Fsp3) is 0.217. The van der Waals surface area contributed by atoms with Crippen LogP contribution in [0, 0.1) is 16.0 Å². The second kappa shape index (κ2) is 8.06. The largest absolute Gasteiger partial charge is 0.504 e. The van der Waals surface area contributed by atoms with E-state index in [9.17, 15) is 20.0 Å². The third-order valence-corrected chi connectivity index (χ3v) is 5.59. The molecular weight excluding hydrogens is 398 g/mol. The second-order valence-corrected chi connectivity index (χ2v) is 7.45. The maximum atomic E-state index is 13.3. The first-order chi connectivity index (χ1) is 14.9. The number of carbonyl (C=O) groups excluding carboxylic acids is 1. The standard InChI is InChI=1S/C23H21N3O5/c1-14-21(23(28)15-6-4-3-5-7-15)24-20-11-9-17(26(29)30)13-25(20)22(14)16-8-10-18(27)19(12-16)31-2/h3-14,21-22,27H,1-2H3. The van der Waals surface area contributed by atoms with Gasteiger partial charge in [0.05, 0.1) is 24.3 Å². The van der Waals surface area contributed by atoms with Gasteiger partial charge in [-0.05, 0) is 23.8 Å². The van der Waals surface area contributed by atoms with E-state index in [2.05, 4.69) is 4.99 Å². The summed E-state index contributed by atoms with van der Waals surface area (Å²) in [5, 5.41) is 21.4. The Morgan fingerprint density at radius 3 is 2.61 bits per heavy atom. The summed E-state index contributed by atoms with van der Waals surface area (Å²) in [6.45, 7) is 1.90. The van der Waals surface area contributed by atoms with Crippen molar-refractivity contribution in [2.24, 2.45) is 10.9 Å². The molecule has 2 aromatic rings. The number of nitro groups is 1. The highest BCUT2D eigenvalue weighted by molar-refractivity contribution is 6.04. The number of carbonyl (C=O) groups is 1. The molecule has 31 heavy (non-hydrogen) atoms. The van der Waals surface area contributed by atoms with Crippen molar-refractivity contribution in [1.82, 2.24) is 4.90 Å². The van der Waals surface area contributed by atoms with Crippen molar-refractivity contribution < 1.29 is 19.6 Å². The maximum Gasteiger partial charge on any atom is 0.285 e. The first-order valence-corrected chi connectivity index (χ1v) is 9.77. The van der Waals surface area contributed by atoms with Gasteiger partial charge in [0.2, 0.25) is 0 Å². The van der Waals surface area contributed by atoms with E-state index in [0.717, 1.165) is 5.56 Å². The van der Waals surface area contributed by atoms with E-state index in [4.69, 9.17) is 4.74 Å². The van der Waals surface area contributed by atoms with E-state index in [1.54, 1.807) is 47.4 Å². The number of allylic oxidation sites excluding steroid dienone is 1. The summed E-state index contributed by atoms with van der Waals surface area (Å²) in [6.07, 6.45) is 4.37. The molecule has 0 radical (unpaired) electrons. The molecule has 3 unspecified atom stereocenters. The molecule has 0 spiro atoms. The second-order valence-electron chi connectivity index (χ2n) is 7.45. The van der Waals surface area contributed by atoms with Gasteiger partial charge in [-0.3, -0.25) is 19.9 Å². The summed E-state index contributed by atoms with van der Waals surface area (Å²) < 4.78 is 5.25. The lowest BCUT2D eigenvalue weighted by atomic mass is 9.82. The fourth-order valence-corrected chi connectivity index (χ4v) is 4.04. The molecular formula is C23H21N3O5. The molecule has 0 fully saturated rings. The molecule has 2 aromatic carbocycles. The Hall–Kier alpha value is -3.94. The number of aliphatic imine (C=N–C) groups is 1. The van der Waals surface area contributed by atoms with E-state index in [1.165, 1.54) is 25.5 Å². The number of ether oxygens (including phenoxy) is 1. The molecule has 2 aliphatic rings. The summed E-state index contributed by atoms with van der Waals surface area (Å²) in [4.78, 5) is 30.5. The number of nitrogens with zero attached hydrogens (tertiary/aromatic N) is 3. The minimum Gasteiger partial charge on any atom is -0.504 e. The van der Waals surface area contributed by atoms with Crippen LogP contribution in [0.5, 0.6) is 11.5 Å². The first kappa shape index (κ1) is 20.3. The number of benzene rings is 2. The van der Waals surface area contributed by atoms with E-state index in [1.807, 2.05) is 13.0 Å². The van der Waals surface area contributed by atoms with Crippen LogP contribution in [0.25, 0.3) is 0 Å². The summed E-state index contributed by atoms with van der Waals surface area (Å²) in [5.41, 5.74) is 1.23. The number of phenols is 1. The molecule has 0 aromatic heterocycles. The quantitative estimate of drug-likeness (QED) is 0.450. The molecule has 0 bridgehead atoms. The molecule has 2 aliphatic heterocycles. The Labute approximate surface area is 178 Å². The molecule has 0 aliphatic carbocycles. The highest BCUT2D eigenvalue weighted by atomic mass is 16.6. The van der Waals surface area contributed by atoms with Gasteiger partial charge in [0.25, 0.3) is 5.70 Å². The Morgan fingerprint density at radius 1 is 1.19 bits per heavy atom. The van der Waals surface area contributed by atoms with Crippen molar-refractivity contribution in [2.45, 2.75) is 19.0 Å². The lowest BCUT2D eigenvalue weighted by molar-refractivity contribution is -0.420. The van der Waals surface area contributed by atoms with E-state index in [-0.39, 0.29) is 28.9 Å². The topological polar surface area (TPSA) is 105 Å². The van der Waals surface area contributed by atoms with Crippen LogP contribution >= 0.6 is 0 Å². The fourth-order valence-electron chi connectivity index (χ4n) is 4.04. The zero-order valence-corrected chi connectivity index (χ0v) is 17.0. The van der Waals surface area contributed by atoms with Crippen LogP contribution in [0.2, 0.25) is 0 Å². The van der Waals surface area contributed by atoms with Crippen LogP contribution < -0.4 is 4.74 Å². The van der Waals surface area contributed by atoms with Crippen molar-refractivity contribution in [2.75, 3.05) is 7.11 Å². The Kier molecular flexibility index (Phi) is 5.29. The zero-order chi connectivity index (χ0) is 22.1. The Bertz CT molecular complexity index is 1120. The van der Waals surface area contributed by atoms with Crippen LogP contribution in [-0.2, 0) is 0 Å². The average molecular weight is 419 g/mol. The molecule has 0 amide bonds. The van der Waals surface area contributed by atoms with Gasteiger partial charge in [-0.1, -0.05) is 43.3 Å². The zero-order valence-electron chi connectivity index (χ0n) is 17.0. The number of ketones is 1. The number of methoxy groups -OCH3 is 1. The molecule has 8 heteroatoms. The van der Waals surface area contributed by atoms with Gasteiger partial charge in [-0.15, -0.1) is 0 Å². The predicted molar refractivity (Wildman–Crippen MR) is 115 cm³/mol. The number of hydrogen-bond donors (Lipinski definition) is 1. The third kappa shape index (κ3) is 3.68. The summed E-state index contributed by atoms with van der Waals surface area (Å²) in [6, 6.07) is 12.8. The number of hydrogen-bond acceptors (Lipinski definition) is 7. The maximum absolute atomic E-state index is 13.3. The molecule has 158 valence electrons. The number of aromatic hydroxyl groups is 1. The predicted octanol–water partition coefficient (Wildman–Crippen LogP) is 3.73. The number of fused-ring (bicyclic) bond motifs is 1. The van der Waals surface area contributed by atoms with Crippen LogP contribution in [-0.4, -0.2) is 39.7 Å². The number of phenolic OH excluding ortho intramolecular Hbond substituents is 1. The molecule has 3 atom stereocenters. The van der Waals surface area contributed by atoms with Gasteiger partial charge in [0.1, 0.15) is 11.9 Å². The molecule has 8 nitrogen and oxygen atoms in total. The van der Waals surface area contributed by atoms with Gasteiger partial charge in [-0.2, -0.15) is 0 Å². The van der Waals surface area contributed by atoms with Crippen molar-refractivity contribution in [3.63, 3.8) is 0 Å². The van der Waals surface area contributed by atoms with Gasteiger partial charge in [0, 0.05) is 17.6 Å². The molecule has 2 heterocycles. The minimum absolute atomic E-state index is 0.0134. The van der Waals surface area contributed by atoms with E-state index in [0.29, 0.717) is 11.4 Å². The van der Waals surface area contributed by atoms with Crippen LogP contribution in [0.3, 0.4) is 0 Å². The van der Waals surface area contributed by atoms with Crippen molar-refractivity contribution >= 4 is 11.6 Å². The summed E-state index contributed by atoms with van der Waals surface area (Å²) in [5.74, 6) is 0.302. The van der Waals surface area contributed by atoms with E-state index < -0.39 is 17.0 Å². The first-order valence-electron chi connectivity index (χ1n) is 9.77. The normalized spacial score (nSPS) is 22.3. The molecule has 0 saturated carbocycles. The number of rotatable bonds is 5. The van der Waals surface area contributed by atoms with Gasteiger partial charge in [0.15, 0.2) is 17.3 Å². The van der Waals surface area contributed by atoms with E-state index >= 15 is 0 Å². The monoisotopic (exact) mass is 419 g/mol. The lowest BCUT2D eigenvalue weighted by Crippen LogP contribution is -2.46. The minimum atomic E-state index is -0.673. The Balaban J connectivity index is 1.83. The van der Waals surface area contributed by atoms with Crippen LogP contribution in [0.1, 0.15) is 28.9 Å². The van der Waals surface area contributed by atoms with Crippen LogP contribution in [0.15, 0.2) is 77.6 Å². The lowest BCUT2D eigenvalue weighted by Gasteiger charge is -2.42. The third-order valence-electron chi connectivity index (χ3n) is 5.59. The highest BCUT2D eigenvalue weighted by Crippen LogP contribution is 2.41. The highest BCUT2D eigenvalue weighted by Gasteiger charge is 2.42. The van der Waals surface area contributed by atoms with Gasteiger partial charge < -0.3 is 14.7 Å². The van der Waals surface area contributed by atoms with Gasteiger partial charge in [-0.25, -0.2) is 0 Å². The molecule has 0 saturated heterocycles. The SMILES string of the molecule is COc1cc(C2C(C)C(C(=O)c3ccccc3)N=C3C=CC([N+](=O)[O-])=CN32)ccc1O. The number of amidine groups is 1. The smallest absolute Gasteiger partial charge is 0.285 e. The van der Waals surface area contributed by atoms with Crippen LogP contribution in [0.4, 0.5) is 0 Å². The van der Waals surface area contributed by atoms with Crippen molar-refractivity contribution in [3.8, 4) is 11.5 Å². The molecule has 1 N–H and O–H groups in total. The summed E-state index contributed by atoms with van der Waals surface area (Å²) in [7, 11) is 1.45. The summed E-state index contributed by atoms with van der Waals surface area (Å²) >= 11 is 0. The van der Waals surface area contributed by atoms with Gasteiger partial charge >= 0.3 is 0 Å². The number of Topliss-reactive ketones (excluding diaryl/α,β-unsaturated/α-hetero) is 1. The van der Waals surface area contributed by atoms with Crippen molar-refractivity contribution in [1.29, 1.82) is 0 Å². The molecule has 4 rings (SSSR count).